The Morgan fingerprint density at radius 3 is 2.47 bits per heavy atom. The lowest BCUT2D eigenvalue weighted by molar-refractivity contribution is 0.437. The van der Waals surface area contributed by atoms with Crippen molar-refractivity contribution in [3.05, 3.63) is 29.3 Å². The lowest BCUT2D eigenvalue weighted by Gasteiger charge is -2.23. The van der Waals surface area contributed by atoms with Crippen molar-refractivity contribution in [2.24, 2.45) is 0 Å². The second-order valence-corrected chi connectivity index (χ2v) is 5.29. The lowest BCUT2D eigenvalue weighted by Crippen LogP contribution is -2.18. The number of benzene rings is 1. The minimum atomic E-state index is 0.254. The number of hydrogen-bond donors (Lipinski definition) is 0. The largest absolute Gasteiger partial charge is 0.241 e. The quantitative estimate of drug-likeness (QED) is 0.746. The molecule has 2 aromatic rings. The maximum absolute atomic E-state index is 4.74. The number of rotatable bonds is 3. The van der Waals surface area contributed by atoms with E-state index in [0.717, 1.165) is 18.4 Å². The molecule has 1 aromatic carbocycles. The summed E-state index contributed by atoms with van der Waals surface area (Å²) in [7, 11) is 0. The molecule has 1 heterocycles. The fraction of sp³-hybridized carbons (Fsp3) is 0.462. The predicted octanol–water partition coefficient (Wildman–Crippen LogP) is 4.37. The highest BCUT2D eigenvalue weighted by Crippen LogP contribution is 2.36. The van der Waals surface area contributed by atoms with Crippen molar-refractivity contribution in [1.82, 2.24) is 4.98 Å². The van der Waals surface area contributed by atoms with Gasteiger partial charge in [0.15, 0.2) is 0 Å². The second-order valence-electron chi connectivity index (χ2n) is 4.25. The predicted molar refractivity (Wildman–Crippen MR) is 67.6 cm³/mol. The summed E-state index contributed by atoms with van der Waals surface area (Å²) in [4.78, 5) is 4.74. The van der Waals surface area contributed by atoms with Gasteiger partial charge in [-0.2, -0.15) is 0 Å². The van der Waals surface area contributed by atoms with Crippen LogP contribution in [0.15, 0.2) is 24.3 Å². The topological polar surface area (TPSA) is 12.9 Å². The van der Waals surface area contributed by atoms with Gasteiger partial charge in [-0.3, -0.25) is 0 Å². The molecule has 0 unspecified atom stereocenters. The van der Waals surface area contributed by atoms with Gasteiger partial charge < -0.3 is 0 Å². The standard InChI is InChI=1S/C13H17NS/c1-4-13(3,5-2)12-14-10-8-6-7-9-11(10)15-12/h6-9H,4-5H2,1-3H3. The Labute approximate surface area is 95.2 Å². The highest BCUT2D eigenvalue weighted by atomic mass is 32.1. The molecule has 1 nitrogen and oxygen atoms in total. The first kappa shape index (κ1) is 10.6. The van der Waals surface area contributed by atoms with Gasteiger partial charge in [-0.1, -0.05) is 32.9 Å². The number of thiazole rings is 1. The molecule has 0 N–H and O–H groups in total. The van der Waals surface area contributed by atoms with Gasteiger partial charge in [-0.25, -0.2) is 4.98 Å². The van der Waals surface area contributed by atoms with Gasteiger partial charge in [0, 0.05) is 5.41 Å². The zero-order chi connectivity index (χ0) is 10.9. The van der Waals surface area contributed by atoms with Crippen molar-refractivity contribution in [3.63, 3.8) is 0 Å². The van der Waals surface area contributed by atoms with Crippen molar-refractivity contribution in [2.45, 2.75) is 39.0 Å². The van der Waals surface area contributed by atoms with E-state index < -0.39 is 0 Å². The minimum Gasteiger partial charge on any atom is -0.241 e. The Morgan fingerprint density at radius 2 is 1.87 bits per heavy atom. The van der Waals surface area contributed by atoms with Crippen LogP contribution in [0.5, 0.6) is 0 Å². The maximum atomic E-state index is 4.74. The van der Waals surface area contributed by atoms with Crippen LogP contribution < -0.4 is 0 Å². The molecular weight excluding hydrogens is 202 g/mol. The van der Waals surface area contributed by atoms with Crippen LogP contribution in [0, 0.1) is 0 Å². The fourth-order valence-electron chi connectivity index (χ4n) is 1.68. The third kappa shape index (κ3) is 1.78. The first-order valence-corrected chi connectivity index (χ1v) is 6.37. The van der Waals surface area contributed by atoms with E-state index in [1.54, 1.807) is 0 Å². The maximum Gasteiger partial charge on any atom is 0.0997 e. The molecular formula is C13H17NS. The van der Waals surface area contributed by atoms with E-state index >= 15 is 0 Å². The number of nitrogens with zero attached hydrogens (tertiary/aromatic N) is 1. The van der Waals surface area contributed by atoms with Crippen LogP contribution in [0.3, 0.4) is 0 Å². The molecule has 80 valence electrons. The molecule has 0 saturated carbocycles. The molecule has 0 atom stereocenters. The van der Waals surface area contributed by atoms with Crippen molar-refractivity contribution >= 4 is 21.6 Å². The van der Waals surface area contributed by atoms with E-state index in [0.29, 0.717) is 0 Å². The summed E-state index contributed by atoms with van der Waals surface area (Å²) in [5.41, 5.74) is 1.40. The smallest absolute Gasteiger partial charge is 0.0997 e. The molecule has 2 rings (SSSR count). The van der Waals surface area contributed by atoms with Crippen LogP contribution >= 0.6 is 11.3 Å². The van der Waals surface area contributed by atoms with E-state index in [4.69, 9.17) is 4.98 Å². The van der Waals surface area contributed by atoms with Gasteiger partial charge in [0.1, 0.15) is 0 Å². The minimum absolute atomic E-state index is 0.254. The summed E-state index contributed by atoms with van der Waals surface area (Å²) in [6, 6.07) is 8.39. The molecule has 0 spiro atoms. The van der Waals surface area contributed by atoms with Crippen LogP contribution in [0.1, 0.15) is 38.6 Å². The number of para-hydroxylation sites is 1. The number of aromatic nitrogens is 1. The van der Waals surface area contributed by atoms with Crippen LogP contribution in [-0.2, 0) is 5.41 Å². The first-order valence-electron chi connectivity index (χ1n) is 5.55. The van der Waals surface area contributed by atoms with Gasteiger partial charge in [0.25, 0.3) is 0 Å². The van der Waals surface area contributed by atoms with Crippen molar-refractivity contribution in [3.8, 4) is 0 Å². The molecule has 1 aromatic heterocycles. The van der Waals surface area contributed by atoms with Gasteiger partial charge in [0.05, 0.1) is 15.2 Å². The molecule has 0 radical (unpaired) electrons. The molecule has 0 aliphatic rings. The van der Waals surface area contributed by atoms with E-state index in [2.05, 4.69) is 45.0 Å². The van der Waals surface area contributed by atoms with Crippen molar-refractivity contribution in [1.29, 1.82) is 0 Å². The summed E-state index contributed by atoms with van der Waals surface area (Å²) in [6.07, 6.45) is 2.31. The van der Waals surface area contributed by atoms with Crippen molar-refractivity contribution in [2.75, 3.05) is 0 Å². The van der Waals surface area contributed by atoms with E-state index in [1.165, 1.54) is 9.71 Å². The Balaban J connectivity index is 2.52. The molecule has 0 aliphatic carbocycles. The van der Waals surface area contributed by atoms with Gasteiger partial charge in [0.2, 0.25) is 0 Å². The lowest BCUT2D eigenvalue weighted by atomic mass is 9.85. The third-order valence-electron chi connectivity index (χ3n) is 3.37. The summed E-state index contributed by atoms with van der Waals surface area (Å²) in [5, 5.41) is 1.29. The monoisotopic (exact) mass is 219 g/mol. The average Bonchev–Trinajstić information content (AvgIpc) is 2.72. The average molecular weight is 219 g/mol. The summed E-state index contributed by atoms with van der Waals surface area (Å²) >= 11 is 1.84. The van der Waals surface area contributed by atoms with Crippen LogP contribution in [0.25, 0.3) is 10.2 Å². The molecule has 0 saturated heterocycles. The van der Waals surface area contributed by atoms with Gasteiger partial charge >= 0.3 is 0 Å². The highest BCUT2D eigenvalue weighted by Gasteiger charge is 2.25. The summed E-state index contributed by atoms with van der Waals surface area (Å²) < 4.78 is 1.31. The SMILES string of the molecule is CCC(C)(CC)c1nc2ccccc2s1. The van der Waals surface area contributed by atoms with E-state index in [-0.39, 0.29) is 5.41 Å². The normalized spacial score (nSPS) is 12.2. The molecule has 2 heteroatoms. The zero-order valence-electron chi connectivity index (χ0n) is 9.58. The molecule has 0 fully saturated rings. The summed E-state index contributed by atoms with van der Waals surface area (Å²) in [6.45, 7) is 6.80. The molecule has 0 amide bonds. The highest BCUT2D eigenvalue weighted by molar-refractivity contribution is 7.18. The van der Waals surface area contributed by atoms with E-state index in [9.17, 15) is 0 Å². The third-order valence-corrected chi connectivity index (χ3v) is 4.71. The Hall–Kier alpha value is -0.890. The molecule has 0 aliphatic heterocycles. The van der Waals surface area contributed by atoms with Crippen LogP contribution in [0.4, 0.5) is 0 Å². The second kappa shape index (κ2) is 3.93. The van der Waals surface area contributed by atoms with Gasteiger partial charge in [-0.05, 0) is 25.0 Å². The fourth-order valence-corrected chi connectivity index (χ4v) is 2.94. The van der Waals surface area contributed by atoms with E-state index in [1.807, 2.05) is 11.3 Å². The molecule has 0 bridgehead atoms. The Kier molecular flexibility index (Phi) is 2.79. The summed E-state index contributed by atoms with van der Waals surface area (Å²) in [5.74, 6) is 0. The Morgan fingerprint density at radius 1 is 1.20 bits per heavy atom. The van der Waals surface area contributed by atoms with Crippen LogP contribution in [0.2, 0.25) is 0 Å². The van der Waals surface area contributed by atoms with Gasteiger partial charge in [-0.15, -0.1) is 11.3 Å². The molecule has 15 heavy (non-hydrogen) atoms. The number of hydrogen-bond acceptors (Lipinski definition) is 2. The van der Waals surface area contributed by atoms with Crippen molar-refractivity contribution < 1.29 is 0 Å². The first-order chi connectivity index (χ1) is 7.19. The zero-order valence-corrected chi connectivity index (χ0v) is 10.4. The van der Waals surface area contributed by atoms with Crippen LogP contribution in [-0.4, -0.2) is 4.98 Å². The number of fused-ring (bicyclic) bond motifs is 1. The Bertz CT molecular complexity index is 421.